The molecule has 0 aliphatic heterocycles. The molecule has 3 radical (unpaired) electrons. The molecule has 0 N–H and O–H groups in total. The zero-order chi connectivity index (χ0) is 26.7. The minimum atomic E-state index is 0. The third-order valence-electron chi connectivity index (χ3n) is 5.97. The summed E-state index contributed by atoms with van der Waals surface area (Å²) in [4.78, 5) is 12.8. The molecular weight excluding hydrogens is 1050 g/mol. The minimum absolute atomic E-state index is 0. The van der Waals surface area contributed by atoms with Crippen LogP contribution in [0.1, 0.15) is 5.56 Å². The Kier molecular flexibility index (Phi) is 15.3. The van der Waals surface area contributed by atoms with Crippen molar-refractivity contribution in [2.45, 2.75) is 6.92 Å². The van der Waals surface area contributed by atoms with Crippen molar-refractivity contribution in [2.75, 3.05) is 0 Å². The summed E-state index contributed by atoms with van der Waals surface area (Å²) in [6.45, 7) is 2.05. The van der Waals surface area contributed by atoms with Crippen molar-refractivity contribution >= 4 is 21.7 Å². The number of rotatable bonds is 2. The van der Waals surface area contributed by atoms with Gasteiger partial charge in [0.05, 0.1) is 0 Å². The standard InChI is InChI=1S/C13H8N.C12H10N.C11H8N.3Ir/c1-2-6-12-10(4-1)7-8-11-5-3-9-14-13(11)12;1-10-5-7-11(8-6-10)12-4-2-3-9-13-12;1-2-6-10(7-3-1)11-8-4-5-9-12-11;;;/h1-5,7-9H;2-7,9H,1H3;1-6,8-9H;;;/q3*-1;;;. The third kappa shape index (κ3) is 9.68. The van der Waals surface area contributed by atoms with Crippen molar-refractivity contribution in [1.82, 2.24) is 15.0 Å². The van der Waals surface area contributed by atoms with E-state index in [1.54, 1.807) is 12.4 Å². The summed E-state index contributed by atoms with van der Waals surface area (Å²) in [5, 5.41) is 3.46. The van der Waals surface area contributed by atoms with Crippen LogP contribution in [0.25, 0.3) is 44.2 Å². The van der Waals surface area contributed by atoms with Crippen molar-refractivity contribution in [1.29, 1.82) is 0 Å². The van der Waals surface area contributed by atoms with Gasteiger partial charge in [-0.3, -0.25) is 0 Å². The van der Waals surface area contributed by atoms with Crippen molar-refractivity contribution in [2.24, 2.45) is 0 Å². The van der Waals surface area contributed by atoms with E-state index < -0.39 is 0 Å². The van der Waals surface area contributed by atoms with Crippen LogP contribution in [0.5, 0.6) is 0 Å². The average molecular weight is 1080 g/mol. The summed E-state index contributed by atoms with van der Waals surface area (Å²) >= 11 is 0. The molecule has 0 saturated heterocycles. The summed E-state index contributed by atoms with van der Waals surface area (Å²) in [6, 6.07) is 49.4. The number of fused-ring (bicyclic) bond motifs is 3. The first-order valence-electron chi connectivity index (χ1n) is 12.7. The fourth-order valence-corrected chi connectivity index (χ4v) is 3.99. The zero-order valence-electron chi connectivity index (χ0n) is 22.6. The number of pyridine rings is 3. The van der Waals surface area contributed by atoms with Crippen molar-refractivity contribution in [3.05, 3.63) is 164 Å². The molecular formula is C36H26Ir3N3-3. The van der Waals surface area contributed by atoms with E-state index in [1.807, 2.05) is 97.2 Å². The molecule has 0 atom stereocenters. The maximum absolute atomic E-state index is 4.38. The second kappa shape index (κ2) is 18.4. The van der Waals surface area contributed by atoms with Crippen LogP contribution < -0.4 is 0 Å². The summed E-state index contributed by atoms with van der Waals surface area (Å²) in [5.41, 5.74) is 6.29. The zero-order valence-corrected chi connectivity index (χ0v) is 29.8. The van der Waals surface area contributed by atoms with E-state index >= 15 is 0 Å². The molecule has 0 fully saturated rings. The van der Waals surface area contributed by atoms with Gasteiger partial charge >= 0.3 is 0 Å². The SMILES string of the molecule is Cc1c[c-]c(-c2ccccn2)cc1.[Ir].[Ir].[Ir].[c-]1cccc2ccc3cccnc3c12.[c-]1ccccc1-c1ccccn1. The predicted octanol–water partition coefficient (Wildman–Crippen LogP) is 8.59. The largest absolute Gasteiger partial charge is 0.305 e. The van der Waals surface area contributed by atoms with Gasteiger partial charge in [0, 0.05) is 78.9 Å². The Morgan fingerprint density at radius 2 is 1.10 bits per heavy atom. The molecule has 7 aromatic rings. The Labute approximate surface area is 287 Å². The Balaban J connectivity index is 0.000000213. The van der Waals surface area contributed by atoms with E-state index in [-0.39, 0.29) is 60.3 Å². The van der Waals surface area contributed by atoms with Crippen LogP contribution in [0.2, 0.25) is 0 Å². The van der Waals surface area contributed by atoms with Crippen LogP contribution in [0.3, 0.4) is 0 Å². The van der Waals surface area contributed by atoms with Gasteiger partial charge in [-0.1, -0.05) is 49.4 Å². The van der Waals surface area contributed by atoms with Crippen LogP contribution in [0, 0.1) is 25.1 Å². The van der Waals surface area contributed by atoms with Crippen LogP contribution in [-0.2, 0) is 60.3 Å². The van der Waals surface area contributed by atoms with Gasteiger partial charge in [0.1, 0.15) is 0 Å². The van der Waals surface area contributed by atoms with Gasteiger partial charge in [0.15, 0.2) is 0 Å². The number of benzene rings is 4. The Morgan fingerprint density at radius 1 is 0.476 bits per heavy atom. The molecule has 42 heavy (non-hydrogen) atoms. The molecule has 3 heterocycles. The Bertz CT molecular complexity index is 1660. The van der Waals surface area contributed by atoms with E-state index in [9.17, 15) is 0 Å². The first-order valence-corrected chi connectivity index (χ1v) is 12.7. The van der Waals surface area contributed by atoms with Gasteiger partial charge in [-0.15, -0.1) is 106 Å². The summed E-state index contributed by atoms with van der Waals surface area (Å²) < 4.78 is 0. The first-order chi connectivity index (χ1) is 19.3. The molecule has 7 rings (SSSR count). The topological polar surface area (TPSA) is 38.7 Å². The molecule has 0 aliphatic rings. The van der Waals surface area contributed by atoms with Crippen LogP contribution >= 0.6 is 0 Å². The number of hydrogen-bond acceptors (Lipinski definition) is 3. The smallest absolute Gasteiger partial charge is 0.0161 e. The molecule has 0 saturated carbocycles. The van der Waals surface area contributed by atoms with Crippen LogP contribution in [0.15, 0.2) is 140 Å². The van der Waals surface area contributed by atoms with Gasteiger partial charge in [-0.2, -0.15) is 0 Å². The van der Waals surface area contributed by atoms with Gasteiger partial charge in [-0.25, -0.2) is 0 Å². The third-order valence-corrected chi connectivity index (χ3v) is 5.97. The van der Waals surface area contributed by atoms with Gasteiger partial charge in [0.25, 0.3) is 0 Å². The number of aryl methyl sites for hydroxylation is 1. The van der Waals surface area contributed by atoms with Gasteiger partial charge < -0.3 is 15.0 Å². The summed E-state index contributed by atoms with van der Waals surface area (Å²) in [7, 11) is 0. The van der Waals surface area contributed by atoms with E-state index in [1.165, 1.54) is 16.3 Å². The van der Waals surface area contributed by atoms with Crippen LogP contribution in [0.4, 0.5) is 0 Å². The number of nitrogens with zero attached hydrogens (tertiary/aromatic N) is 3. The van der Waals surface area contributed by atoms with Crippen molar-refractivity contribution in [3.63, 3.8) is 0 Å². The molecule has 0 bridgehead atoms. The predicted molar refractivity (Wildman–Crippen MR) is 160 cm³/mol. The quantitative estimate of drug-likeness (QED) is 0.129. The van der Waals surface area contributed by atoms with E-state index in [2.05, 4.69) is 70.4 Å². The molecule has 3 aromatic heterocycles. The fourth-order valence-electron chi connectivity index (χ4n) is 3.99. The fraction of sp³-hybridized carbons (Fsp3) is 0.0278. The summed E-state index contributed by atoms with van der Waals surface area (Å²) in [6.07, 6.45) is 5.40. The van der Waals surface area contributed by atoms with Gasteiger partial charge in [0.2, 0.25) is 0 Å². The molecule has 4 aromatic carbocycles. The van der Waals surface area contributed by atoms with Crippen molar-refractivity contribution in [3.8, 4) is 22.5 Å². The maximum Gasteiger partial charge on any atom is 0.0161 e. The molecule has 0 spiro atoms. The minimum Gasteiger partial charge on any atom is -0.305 e. The number of aromatic nitrogens is 3. The molecule has 0 unspecified atom stereocenters. The van der Waals surface area contributed by atoms with Crippen LogP contribution in [-0.4, -0.2) is 15.0 Å². The van der Waals surface area contributed by atoms with E-state index in [0.29, 0.717) is 0 Å². The molecule has 215 valence electrons. The van der Waals surface area contributed by atoms with Crippen molar-refractivity contribution < 1.29 is 60.3 Å². The van der Waals surface area contributed by atoms with E-state index in [0.717, 1.165) is 33.4 Å². The first kappa shape index (κ1) is 35.0. The normalized spacial score (nSPS) is 9.45. The van der Waals surface area contributed by atoms with E-state index in [4.69, 9.17) is 0 Å². The molecule has 3 nitrogen and oxygen atoms in total. The average Bonchev–Trinajstić information content (AvgIpc) is 3.03. The maximum atomic E-state index is 4.38. The molecule has 0 amide bonds. The summed E-state index contributed by atoms with van der Waals surface area (Å²) in [5.74, 6) is 0. The van der Waals surface area contributed by atoms with Gasteiger partial charge in [-0.05, 0) is 40.5 Å². The second-order valence-electron chi connectivity index (χ2n) is 8.76. The number of hydrogen-bond donors (Lipinski definition) is 0. The monoisotopic (exact) mass is 1080 g/mol. The molecule has 0 aliphatic carbocycles. The Morgan fingerprint density at radius 3 is 1.71 bits per heavy atom. The molecule has 6 heteroatoms. The Hall–Kier alpha value is -3.20. The second-order valence-corrected chi connectivity index (χ2v) is 8.76.